The number of rotatable bonds is 20. The summed E-state index contributed by atoms with van der Waals surface area (Å²) in [5.41, 5.74) is 0. The summed E-state index contributed by atoms with van der Waals surface area (Å²) in [6.07, 6.45) is 22.7. The Morgan fingerprint density at radius 3 is 1.32 bits per heavy atom. The molecule has 0 aliphatic rings. The van der Waals surface area contributed by atoms with Gasteiger partial charge in [-0.3, -0.25) is 4.79 Å². The Morgan fingerprint density at radius 2 is 1.00 bits per heavy atom. The first-order valence-electron chi connectivity index (χ1n) is 11.6. The second-order valence-corrected chi connectivity index (χ2v) is 8.02. The summed E-state index contributed by atoms with van der Waals surface area (Å²) in [6, 6.07) is -0.900. The van der Waals surface area contributed by atoms with Crippen LogP contribution in [0, 0.1) is 0 Å². The predicted octanol–water partition coefficient (Wildman–Crippen LogP) is 2.29. The van der Waals surface area contributed by atoms with Gasteiger partial charge in [-0.1, -0.05) is 110 Å². The van der Waals surface area contributed by atoms with E-state index in [1.807, 2.05) is 0 Å². The van der Waals surface area contributed by atoms with E-state index < -0.39 is 12.0 Å². The summed E-state index contributed by atoms with van der Waals surface area (Å²) in [7, 11) is 0. The Labute approximate surface area is 196 Å². The molecule has 0 aliphatic heterocycles. The molecule has 0 unspecified atom stereocenters. The maximum Gasteiger partial charge on any atom is 1.00 e. The Kier molecular flexibility index (Phi) is 25.0. The van der Waals surface area contributed by atoms with Gasteiger partial charge in [0.2, 0.25) is 5.91 Å². The molecule has 1 amide bonds. The van der Waals surface area contributed by atoms with Gasteiger partial charge in [-0.2, -0.15) is 0 Å². The van der Waals surface area contributed by atoms with Crippen LogP contribution in [0.2, 0.25) is 0 Å². The number of amides is 1. The van der Waals surface area contributed by atoms with E-state index in [0.717, 1.165) is 12.8 Å². The van der Waals surface area contributed by atoms with Crippen LogP contribution in [0.5, 0.6) is 0 Å². The van der Waals surface area contributed by atoms with Gasteiger partial charge in [-0.05, 0) is 13.3 Å². The third-order valence-electron chi connectivity index (χ3n) is 5.24. The van der Waals surface area contributed by atoms with Crippen molar-refractivity contribution in [1.82, 2.24) is 5.32 Å². The van der Waals surface area contributed by atoms with Gasteiger partial charge in [0.15, 0.2) is 0 Å². The summed E-state index contributed by atoms with van der Waals surface area (Å²) < 4.78 is 0. The zero-order valence-corrected chi connectivity index (χ0v) is 21.0. The fraction of sp³-hybridized carbons (Fsp3) is 0.913. The van der Waals surface area contributed by atoms with E-state index >= 15 is 0 Å². The van der Waals surface area contributed by atoms with E-state index in [4.69, 9.17) is 0 Å². The second-order valence-electron chi connectivity index (χ2n) is 8.02. The fourth-order valence-corrected chi connectivity index (χ4v) is 3.38. The molecule has 0 fully saturated rings. The van der Waals surface area contributed by atoms with Crippen LogP contribution >= 0.6 is 0 Å². The second kappa shape index (κ2) is 23.2. The van der Waals surface area contributed by atoms with Gasteiger partial charge >= 0.3 is 29.6 Å². The van der Waals surface area contributed by atoms with Gasteiger partial charge in [0.05, 0.1) is 12.0 Å². The van der Waals surface area contributed by atoms with Crippen LogP contribution in [-0.2, 0) is 9.59 Å². The molecule has 4 nitrogen and oxygen atoms in total. The molecule has 0 spiro atoms. The molecule has 0 saturated heterocycles. The van der Waals surface area contributed by atoms with Crippen LogP contribution in [0.1, 0.15) is 129 Å². The summed E-state index contributed by atoms with van der Waals surface area (Å²) >= 11 is 0. The molecule has 1 N–H and O–H groups in total. The van der Waals surface area contributed by atoms with Crippen molar-refractivity contribution in [3.8, 4) is 0 Å². The van der Waals surface area contributed by atoms with E-state index in [1.54, 1.807) is 0 Å². The molecule has 0 radical (unpaired) electrons. The third kappa shape index (κ3) is 22.2. The maximum absolute atomic E-state index is 11.5. The predicted molar refractivity (Wildman–Crippen MR) is 111 cm³/mol. The van der Waals surface area contributed by atoms with E-state index in [9.17, 15) is 14.7 Å². The average molecular weight is 406 g/mol. The number of nitrogens with one attached hydrogen (secondary N) is 1. The van der Waals surface area contributed by atoms with Crippen molar-refractivity contribution in [3.05, 3.63) is 0 Å². The Hall–Kier alpha value is -0.0600. The zero-order valence-electron chi connectivity index (χ0n) is 19.0. The first-order chi connectivity index (χ1) is 13.1. The van der Waals surface area contributed by atoms with E-state index in [-0.39, 0.29) is 35.5 Å². The number of carboxylic acids is 1. The average Bonchev–Trinajstić information content (AvgIpc) is 2.64. The summed E-state index contributed by atoms with van der Waals surface area (Å²) in [4.78, 5) is 22.1. The largest absolute Gasteiger partial charge is 1.00 e. The van der Waals surface area contributed by atoms with Crippen molar-refractivity contribution >= 4 is 11.9 Å². The topological polar surface area (TPSA) is 69.2 Å². The van der Waals surface area contributed by atoms with Crippen LogP contribution < -0.4 is 40.0 Å². The van der Waals surface area contributed by atoms with Crippen molar-refractivity contribution in [2.75, 3.05) is 0 Å². The number of unbranched alkanes of at least 4 members (excludes halogenated alkanes) is 16. The van der Waals surface area contributed by atoms with E-state index in [1.165, 1.54) is 103 Å². The molecule has 1 atom stereocenters. The molecular weight excluding hydrogens is 361 g/mol. The van der Waals surface area contributed by atoms with Gasteiger partial charge in [0.1, 0.15) is 0 Å². The van der Waals surface area contributed by atoms with Crippen molar-refractivity contribution in [2.45, 2.75) is 135 Å². The Balaban J connectivity index is 0. The molecule has 0 aromatic rings. The van der Waals surface area contributed by atoms with Crippen LogP contribution in [0.25, 0.3) is 0 Å². The van der Waals surface area contributed by atoms with Crippen molar-refractivity contribution < 1.29 is 44.3 Å². The molecule has 160 valence electrons. The molecule has 0 saturated carbocycles. The summed E-state index contributed by atoms with van der Waals surface area (Å²) in [6.45, 7) is 3.70. The van der Waals surface area contributed by atoms with E-state index in [2.05, 4.69) is 12.2 Å². The number of carbonyl (C=O) groups excluding carboxylic acids is 2. The minimum Gasteiger partial charge on any atom is -0.548 e. The summed E-state index contributed by atoms with van der Waals surface area (Å²) in [5, 5.41) is 13.0. The van der Waals surface area contributed by atoms with Crippen molar-refractivity contribution in [3.63, 3.8) is 0 Å². The molecule has 0 bridgehead atoms. The Morgan fingerprint density at radius 1 is 0.679 bits per heavy atom. The zero-order chi connectivity index (χ0) is 20.2. The first kappa shape index (κ1) is 30.1. The van der Waals surface area contributed by atoms with Crippen LogP contribution in [0.15, 0.2) is 0 Å². The summed E-state index contributed by atoms with van der Waals surface area (Å²) in [5.74, 6) is -1.42. The van der Waals surface area contributed by atoms with Crippen LogP contribution in [-0.4, -0.2) is 17.9 Å². The molecule has 28 heavy (non-hydrogen) atoms. The Bertz CT molecular complexity index is 364. The minimum atomic E-state index is -1.23. The van der Waals surface area contributed by atoms with Gasteiger partial charge in [-0.25, -0.2) is 0 Å². The molecule has 0 rings (SSSR count). The fourth-order valence-electron chi connectivity index (χ4n) is 3.38. The van der Waals surface area contributed by atoms with Crippen LogP contribution in [0.3, 0.4) is 0 Å². The van der Waals surface area contributed by atoms with Crippen molar-refractivity contribution in [1.29, 1.82) is 0 Å². The molecule has 0 aliphatic carbocycles. The number of aliphatic carboxylic acids is 1. The molecule has 0 heterocycles. The SMILES string of the molecule is CCCCCCCCCCCCCCCCCCCC(=O)N[C@@H](C)C(=O)[O-].[Na+]. The molecular formula is C23H44NNaO3. The monoisotopic (exact) mass is 405 g/mol. The van der Waals surface area contributed by atoms with Gasteiger partial charge in [-0.15, -0.1) is 0 Å². The maximum atomic E-state index is 11.5. The van der Waals surface area contributed by atoms with Gasteiger partial charge in [0.25, 0.3) is 0 Å². The normalized spacial score (nSPS) is 11.6. The molecule has 0 aromatic carbocycles. The number of hydrogen-bond donors (Lipinski definition) is 1. The number of carbonyl (C=O) groups is 2. The first-order valence-corrected chi connectivity index (χ1v) is 11.6. The standard InChI is InChI=1S/C23H45NO3.Na/c1-3-4-5-6-7-8-9-10-11-12-13-14-15-16-17-18-19-20-22(25)24-21(2)23(26)27;/h21H,3-20H2,1-2H3,(H,24,25)(H,26,27);/q;+1/p-1/t21-;/m0./s1. The third-order valence-corrected chi connectivity index (χ3v) is 5.24. The molecule has 5 heteroatoms. The van der Waals surface area contributed by atoms with Crippen LogP contribution in [0.4, 0.5) is 0 Å². The quantitative estimate of drug-likeness (QED) is 0.250. The molecule has 0 aromatic heterocycles. The van der Waals surface area contributed by atoms with Gasteiger partial charge < -0.3 is 15.2 Å². The van der Waals surface area contributed by atoms with Gasteiger partial charge in [0, 0.05) is 6.42 Å². The van der Waals surface area contributed by atoms with E-state index in [0.29, 0.717) is 6.42 Å². The number of carboxylic acid groups (broad SMARTS) is 1. The number of hydrogen-bond acceptors (Lipinski definition) is 3. The smallest absolute Gasteiger partial charge is 0.548 e. The van der Waals surface area contributed by atoms with Crippen molar-refractivity contribution in [2.24, 2.45) is 0 Å². The minimum absolute atomic E-state index is 0.